The van der Waals surface area contributed by atoms with Crippen LogP contribution in [0.3, 0.4) is 0 Å². The number of hydrogen-bond acceptors (Lipinski definition) is 5. The molecule has 15 heavy (non-hydrogen) atoms. The monoisotopic (exact) mass is 248 g/mol. The Balaban J connectivity index is 2.23. The van der Waals surface area contributed by atoms with E-state index in [1.165, 1.54) is 10.9 Å². The molecule has 0 amide bonds. The molecule has 1 saturated carbocycles. The minimum absolute atomic E-state index is 0.125. The molecular formula is C7H8N2O4S2. The maximum absolute atomic E-state index is 11.6. The predicted octanol–water partition coefficient (Wildman–Crippen LogP) is 0.0386. The van der Waals surface area contributed by atoms with Crippen LogP contribution in [0.2, 0.25) is 0 Å². The quantitative estimate of drug-likeness (QED) is 0.784. The molecule has 1 heterocycles. The minimum atomic E-state index is -3.79. The molecule has 1 fully saturated rings. The van der Waals surface area contributed by atoms with Gasteiger partial charge in [0.1, 0.15) is 5.54 Å². The molecule has 1 aliphatic carbocycles. The van der Waals surface area contributed by atoms with E-state index in [2.05, 4.69) is 9.71 Å². The Hall–Kier alpha value is -0.990. The summed E-state index contributed by atoms with van der Waals surface area (Å²) in [6.07, 6.45) is 0.650. The first-order valence-corrected chi connectivity index (χ1v) is 6.54. The number of nitrogens with zero attached hydrogens (tertiary/aromatic N) is 1. The standard InChI is InChI=1S/C7H8N2O4S2/c10-6(11)7(1-2-7)9-15(12,13)5-3-14-4-8-5/h3-4,9H,1-2H2,(H,10,11). The van der Waals surface area contributed by atoms with Crippen molar-refractivity contribution in [3.63, 3.8) is 0 Å². The Morgan fingerprint density at radius 1 is 1.60 bits per heavy atom. The van der Waals surface area contributed by atoms with E-state index in [-0.39, 0.29) is 5.03 Å². The summed E-state index contributed by atoms with van der Waals surface area (Å²) in [7, 11) is -3.79. The fourth-order valence-electron chi connectivity index (χ4n) is 1.13. The highest BCUT2D eigenvalue weighted by molar-refractivity contribution is 7.89. The molecule has 82 valence electrons. The number of sulfonamides is 1. The average Bonchev–Trinajstić information content (AvgIpc) is 2.72. The van der Waals surface area contributed by atoms with E-state index >= 15 is 0 Å². The lowest BCUT2D eigenvalue weighted by Gasteiger charge is -2.10. The molecule has 0 saturated heterocycles. The zero-order valence-electron chi connectivity index (χ0n) is 7.50. The van der Waals surface area contributed by atoms with Gasteiger partial charge in [-0.2, -0.15) is 4.72 Å². The number of aromatic nitrogens is 1. The Kier molecular flexibility index (Phi) is 2.28. The molecule has 0 atom stereocenters. The predicted molar refractivity (Wildman–Crippen MR) is 52.0 cm³/mol. The Morgan fingerprint density at radius 2 is 2.27 bits per heavy atom. The van der Waals surface area contributed by atoms with Crippen LogP contribution in [-0.4, -0.2) is 30.0 Å². The molecular weight excluding hydrogens is 240 g/mol. The summed E-state index contributed by atoms with van der Waals surface area (Å²) in [5.74, 6) is -1.14. The molecule has 0 aliphatic heterocycles. The van der Waals surface area contributed by atoms with Crippen LogP contribution in [0.15, 0.2) is 15.9 Å². The normalized spacial score (nSPS) is 18.7. The number of rotatable bonds is 4. The van der Waals surface area contributed by atoms with E-state index in [0.717, 1.165) is 11.3 Å². The van der Waals surface area contributed by atoms with Gasteiger partial charge >= 0.3 is 5.97 Å². The number of thiazole rings is 1. The third kappa shape index (κ3) is 1.87. The lowest BCUT2D eigenvalue weighted by Crippen LogP contribution is -2.43. The molecule has 2 rings (SSSR count). The van der Waals surface area contributed by atoms with Crippen LogP contribution < -0.4 is 4.72 Å². The van der Waals surface area contributed by atoms with E-state index in [1.807, 2.05) is 0 Å². The van der Waals surface area contributed by atoms with Crippen molar-refractivity contribution in [2.24, 2.45) is 0 Å². The van der Waals surface area contributed by atoms with E-state index in [4.69, 9.17) is 5.11 Å². The van der Waals surface area contributed by atoms with Gasteiger partial charge in [0.25, 0.3) is 10.0 Å². The summed E-state index contributed by atoms with van der Waals surface area (Å²) >= 11 is 1.14. The topological polar surface area (TPSA) is 96.4 Å². The number of hydrogen-bond donors (Lipinski definition) is 2. The summed E-state index contributed by atoms with van der Waals surface area (Å²) in [5.41, 5.74) is 0.0807. The zero-order chi connectivity index (χ0) is 11.1. The summed E-state index contributed by atoms with van der Waals surface area (Å²) in [5, 5.41) is 10.1. The van der Waals surface area contributed by atoms with Crippen LogP contribution in [0, 0.1) is 0 Å². The molecule has 0 unspecified atom stereocenters. The highest BCUT2D eigenvalue weighted by Crippen LogP contribution is 2.36. The van der Waals surface area contributed by atoms with Crippen molar-refractivity contribution in [1.29, 1.82) is 0 Å². The number of aliphatic carboxylic acids is 1. The van der Waals surface area contributed by atoms with Gasteiger partial charge in [-0.1, -0.05) is 0 Å². The summed E-state index contributed by atoms with van der Waals surface area (Å²) in [6, 6.07) is 0. The van der Waals surface area contributed by atoms with Gasteiger partial charge in [-0.15, -0.1) is 11.3 Å². The van der Waals surface area contributed by atoms with E-state index in [9.17, 15) is 13.2 Å². The van der Waals surface area contributed by atoms with Crippen LogP contribution in [-0.2, 0) is 14.8 Å². The fraction of sp³-hybridized carbons (Fsp3) is 0.429. The first kappa shape index (κ1) is 10.5. The first-order valence-electron chi connectivity index (χ1n) is 4.12. The molecule has 6 nitrogen and oxygen atoms in total. The van der Waals surface area contributed by atoms with Gasteiger partial charge in [-0.25, -0.2) is 13.4 Å². The molecule has 0 aromatic carbocycles. The Labute approximate surface area is 90.0 Å². The van der Waals surface area contributed by atoms with Crippen molar-refractivity contribution >= 4 is 27.3 Å². The van der Waals surface area contributed by atoms with Gasteiger partial charge in [0, 0.05) is 5.38 Å². The summed E-state index contributed by atoms with van der Waals surface area (Å²) in [4.78, 5) is 14.4. The molecule has 8 heteroatoms. The van der Waals surface area contributed by atoms with Crippen LogP contribution in [0.4, 0.5) is 0 Å². The maximum atomic E-state index is 11.6. The highest BCUT2D eigenvalue weighted by Gasteiger charge is 2.53. The second-order valence-electron chi connectivity index (χ2n) is 3.32. The SMILES string of the molecule is O=C(O)C1(NS(=O)(=O)c2cscn2)CC1. The van der Waals surface area contributed by atoms with Crippen molar-refractivity contribution in [2.75, 3.05) is 0 Å². The Bertz CT molecular complexity index is 475. The highest BCUT2D eigenvalue weighted by atomic mass is 32.2. The first-order chi connectivity index (χ1) is 6.96. The second-order valence-corrected chi connectivity index (χ2v) is 5.67. The van der Waals surface area contributed by atoms with E-state index in [1.54, 1.807) is 0 Å². The van der Waals surface area contributed by atoms with E-state index in [0.29, 0.717) is 12.8 Å². The van der Waals surface area contributed by atoms with Crippen LogP contribution in [0.5, 0.6) is 0 Å². The minimum Gasteiger partial charge on any atom is -0.480 e. The maximum Gasteiger partial charge on any atom is 0.324 e. The molecule has 0 radical (unpaired) electrons. The second kappa shape index (κ2) is 3.26. The molecule has 0 bridgehead atoms. The van der Waals surface area contributed by atoms with Crippen molar-refractivity contribution in [3.05, 3.63) is 10.9 Å². The number of carboxylic acids is 1. The lowest BCUT2D eigenvalue weighted by atomic mass is 10.3. The molecule has 1 aliphatic rings. The number of carboxylic acid groups (broad SMARTS) is 1. The number of nitrogens with one attached hydrogen (secondary N) is 1. The molecule has 1 aromatic rings. The van der Waals surface area contributed by atoms with Crippen molar-refractivity contribution in [2.45, 2.75) is 23.4 Å². The van der Waals surface area contributed by atoms with Gasteiger partial charge in [0.05, 0.1) is 5.51 Å². The van der Waals surface area contributed by atoms with Gasteiger partial charge in [0.2, 0.25) is 0 Å². The van der Waals surface area contributed by atoms with Crippen LogP contribution in [0.25, 0.3) is 0 Å². The van der Waals surface area contributed by atoms with Crippen molar-refractivity contribution in [3.8, 4) is 0 Å². The van der Waals surface area contributed by atoms with Crippen molar-refractivity contribution in [1.82, 2.24) is 9.71 Å². The summed E-state index contributed by atoms with van der Waals surface area (Å²) < 4.78 is 25.4. The fourth-order valence-corrected chi connectivity index (χ4v) is 3.38. The van der Waals surface area contributed by atoms with Gasteiger partial charge < -0.3 is 5.11 Å². The van der Waals surface area contributed by atoms with Gasteiger partial charge in [0.15, 0.2) is 5.03 Å². The largest absolute Gasteiger partial charge is 0.480 e. The van der Waals surface area contributed by atoms with Crippen molar-refractivity contribution < 1.29 is 18.3 Å². The van der Waals surface area contributed by atoms with Gasteiger partial charge in [-0.05, 0) is 12.8 Å². The lowest BCUT2D eigenvalue weighted by molar-refractivity contribution is -0.140. The zero-order valence-corrected chi connectivity index (χ0v) is 9.14. The molecule has 0 spiro atoms. The third-order valence-corrected chi connectivity index (χ3v) is 4.34. The summed E-state index contributed by atoms with van der Waals surface area (Å²) in [6.45, 7) is 0. The Morgan fingerprint density at radius 3 is 2.67 bits per heavy atom. The van der Waals surface area contributed by atoms with Gasteiger partial charge in [-0.3, -0.25) is 4.79 Å². The molecule has 2 N–H and O–H groups in total. The average molecular weight is 248 g/mol. The smallest absolute Gasteiger partial charge is 0.324 e. The number of carbonyl (C=O) groups is 1. The van der Waals surface area contributed by atoms with Crippen LogP contribution in [0.1, 0.15) is 12.8 Å². The molecule has 1 aromatic heterocycles. The third-order valence-electron chi connectivity index (χ3n) is 2.17. The van der Waals surface area contributed by atoms with Crippen LogP contribution >= 0.6 is 11.3 Å². The van der Waals surface area contributed by atoms with E-state index < -0.39 is 21.5 Å².